The lowest BCUT2D eigenvalue weighted by Gasteiger charge is -2.21. The van der Waals surface area contributed by atoms with E-state index >= 15 is 0 Å². The summed E-state index contributed by atoms with van der Waals surface area (Å²) in [6.45, 7) is -0.442. The fraction of sp³-hybridized carbons (Fsp3) is 0.261. The Bertz CT molecular complexity index is 940. The molecule has 2 aromatic carbocycles. The Hall–Kier alpha value is -3.10. The molecule has 5 nitrogen and oxygen atoms in total. The van der Waals surface area contributed by atoms with Crippen molar-refractivity contribution in [1.82, 2.24) is 5.32 Å². The maximum absolute atomic E-state index is 12.8. The number of halogens is 1. The number of benzene rings is 2. The summed E-state index contributed by atoms with van der Waals surface area (Å²) in [6.07, 6.45) is 4.74. The predicted octanol–water partition coefficient (Wildman–Crippen LogP) is 4.38. The van der Waals surface area contributed by atoms with Gasteiger partial charge in [-0.2, -0.15) is 5.26 Å². The fourth-order valence-corrected chi connectivity index (χ4v) is 3.49. The molecule has 2 aromatic rings. The molecule has 6 heteroatoms. The van der Waals surface area contributed by atoms with Gasteiger partial charge in [-0.25, -0.2) is 4.79 Å². The number of rotatable bonds is 6. The molecule has 1 aliphatic carbocycles. The number of carbonyl (C=O) groups excluding carboxylic acids is 2. The second-order valence-corrected chi connectivity index (χ2v) is 7.44. The van der Waals surface area contributed by atoms with Crippen LogP contribution in [0.5, 0.6) is 0 Å². The predicted molar refractivity (Wildman–Crippen MR) is 112 cm³/mol. The summed E-state index contributed by atoms with van der Waals surface area (Å²) in [5, 5.41) is 12.6. The fourth-order valence-electron chi connectivity index (χ4n) is 3.36. The molecule has 0 aliphatic heterocycles. The van der Waals surface area contributed by atoms with Crippen LogP contribution in [0, 0.1) is 11.3 Å². The molecule has 0 saturated heterocycles. The summed E-state index contributed by atoms with van der Waals surface area (Å²) in [4.78, 5) is 25.0. The molecule has 0 unspecified atom stereocenters. The first kappa shape index (κ1) is 20.6. The topological polar surface area (TPSA) is 79.2 Å². The molecular weight excluding hydrogens is 388 g/mol. The van der Waals surface area contributed by atoms with Crippen LogP contribution < -0.4 is 5.32 Å². The molecule has 0 bridgehead atoms. The zero-order valence-corrected chi connectivity index (χ0v) is 16.6. The number of nitrogens with zero attached hydrogens (tertiary/aromatic N) is 1. The van der Waals surface area contributed by atoms with Crippen LogP contribution in [0.4, 0.5) is 0 Å². The Labute approximate surface area is 174 Å². The smallest absolute Gasteiger partial charge is 0.339 e. The van der Waals surface area contributed by atoms with E-state index in [9.17, 15) is 14.9 Å². The number of hydrogen-bond acceptors (Lipinski definition) is 4. The lowest BCUT2D eigenvalue weighted by Crippen LogP contribution is -2.46. The normalized spacial score (nSPS) is 15.4. The van der Waals surface area contributed by atoms with Gasteiger partial charge >= 0.3 is 5.97 Å². The monoisotopic (exact) mass is 408 g/mol. The number of carbonyl (C=O) groups is 2. The van der Waals surface area contributed by atoms with E-state index in [0.29, 0.717) is 29.0 Å². The Morgan fingerprint density at radius 1 is 1.10 bits per heavy atom. The molecule has 148 valence electrons. The molecule has 0 atom stereocenters. The van der Waals surface area contributed by atoms with E-state index in [1.54, 1.807) is 30.3 Å². The van der Waals surface area contributed by atoms with Gasteiger partial charge in [0.25, 0.3) is 5.91 Å². The largest absolute Gasteiger partial charge is 0.452 e. The number of nitrogens with one attached hydrogen (secondary N) is 1. The Balaban J connectivity index is 1.73. The Kier molecular flexibility index (Phi) is 6.69. The van der Waals surface area contributed by atoms with Gasteiger partial charge in [-0.3, -0.25) is 4.79 Å². The van der Waals surface area contributed by atoms with E-state index in [1.807, 2.05) is 30.3 Å². The number of amides is 1. The number of hydrogen-bond donors (Lipinski definition) is 1. The van der Waals surface area contributed by atoms with Crippen molar-refractivity contribution in [2.45, 2.75) is 31.2 Å². The average molecular weight is 409 g/mol. The van der Waals surface area contributed by atoms with E-state index in [-0.39, 0.29) is 0 Å². The summed E-state index contributed by atoms with van der Waals surface area (Å²) >= 11 is 5.95. The average Bonchev–Trinajstić information content (AvgIpc) is 3.21. The van der Waals surface area contributed by atoms with E-state index < -0.39 is 24.0 Å². The first-order valence-corrected chi connectivity index (χ1v) is 9.81. The molecule has 1 aliphatic rings. The highest BCUT2D eigenvalue weighted by Gasteiger charge is 2.35. The maximum atomic E-state index is 12.8. The summed E-state index contributed by atoms with van der Waals surface area (Å²) in [5.74, 6) is -1.10. The molecule has 0 aromatic heterocycles. The highest BCUT2D eigenvalue weighted by Crippen LogP contribution is 2.29. The van der Waals surface area contributed by atoms with E-state index in [1.165, 1.54) is 0 Å². The molecule has 3 rings (SSSR count). The van der Waals surface area contributed by atoms with Crippen LogP contribution in [0.15, 0.2) is 54.6 Å². The SMILES string of the molecule is N#CC1(NC(=O)COC(=O)/C(=C/c2ccccc2)c2ccc(Cl)cc2)CCCC1. The van der Waals surface area contributed by atoms with Crippen LogP contribution >= 0.6 is 11.6 Å². The summed E-state index contributed by atoms with van der Waals surface area (Å²) < 4.78 is 5.26. The molecule has 1 N–H and O–H groups in total. The van der Waals surface area contributed by atoms with Crippen molar-refractivity contribution < 1.29 is 14.3 Å². The summed E-state index contributed by atoms with van der Waals surface area (Å²) in [7, 11) is 0. The van der Waals surface area contributed by atoms with Gasteiger partial charge in [0, 0.05) is 5.02 Å². The second-order valence-electron chi connectivity index (χ2n) is 7.00. The minimum atomic E-state index is -0.845. The van der Waals surface area contributed by atoms with Crippen LogP contribution in [0.3, 0.4) is 0 Å². The molecule has 1 saturated carbocycles. The molecular formula is C23H21ClN2O3. The third-order valence-electron chi connectivity index (χ3n) is 4.87. The highest BCUT2D eigenvalue weighted by molar-refractivity contribution is 6.30. The van der Waals surface area contributed by atoms with Crippen molar-refractivity contribution in [2.24, 2.45) is 0 Å². The number of nitriles is 1. The van der Waals surface area contributed by atoms with Crippen LogP contribution in [-0.4, -0.2) is 24.0 Å². The van der Waals surface area contributed by atoms with Crippen molar-refractivity contribution >= 4 is 35.1 Å². The van der Waals surface area contributed by atoms with Gasteiger partial charge in [0.05, 0.1) is 11.6 Å². The number of ether oxygens (including phenoxy) is 1. The van der Waals surface area contributed by atoms with Gasteiger partial charge in [0.1, 0.15) is 5.54 Å². The lowest BCUT2D eigenvalue weighted by atomic mass is 10.00. The highest BCUT2D eigenvalue weighted by atomic mass is 35.5. The van der Waals surface area contributed by atoms with Crippen molar-refractivity contribution in [3.05, 3.63) is 70.7 Å². The van der Waals surface area contributed by atoms with Crippen molar-refractivity contribution in [1.29, 1.82) is 5.26 Å². The molecule has 0 radical (unpaired) electrons. The first-order chi connectivity index (χ1) is 14.0. The van der Waals surface area contributed by atoms with Crippen molar-refractivity contribution in [2.75, 3.05) is 6.61 Å². The van der Waals surface area contributed by atoms with Gasteiger partial charge in [-0.1, -0.05) is 54.1 Å². The van der Waals surface area contributed by atoms with Gasteiger partial charge in [-0.05, 0) is 55.0 Å². The maximum Gasteiger partial charge on any atom is 0.339 e. The second kappa shape index (κ2) is 9.40. The van der Waals surface area contributed by atoms with E-state index in [2.05, 4.69) is 11.4 Å². The standard InChI is InChI=1S/C23H21ClN2O3/c24-19-10-8-18(9-11-19)20(14-17-6-2-1-3-7-17)22(28)29-15-21(27)26-23(16-25)12-4-5-13-23/h1-3,6-11,14H,4-5,12-13,15H2,(H,26,27)/b20-14+. The molecule has 0 spiro atoms. The minimum Gasteiger partial charge on any atom is -0.452 e. The molecule has 1 fully saturated rings. The van der Waals surface area contributed by atoms with Gasteiger partial charge in [0.15, 0.2) is 6.61 Å². The zero-order chi connectivity index (χ0) is 20.7. The number of esters is 1. The van der Waals surface area contributed by atoms with Crippen LogP contribution in [0.25, 0.3) is 11.6 Å². The third kappa shape index (κ3) is 5.46. The molecule has 1 amide bonds. The quantitative estimate of drug-likeness (QED) is 0.437. The molecule has 0 heterocycles. The van der Waals surface area contributed by atoms with Gasteiger partial charge < -0.3 is 10.1 Å². The zero-order valence-electron chi connectivity index (χ0n) is 15.9. The van der Waals surface area contributed by atoms with Gasteiger partial charge in [-0.15, -0.1) is 0 Å². The third-order valence-corrected chi connectivity index (χ3v) is 5.12. The van der Waals surface area contributed by atoms with Crippen LogP contribution in [0.1, 0.15) is 36.8 Å². The van der Waals surface area contributed by atoms with E-state index in [0.717, 1.165) is 18.4 Å². The van der Waals surface area contributed by atoms with Crippen molar-refractivity contribution in [3.8, 4) is 6.07 Å². The van der Waals surface area contributed by atoms with Crippen LogP contribution in [-0.2, 0) is 14.3 Å². The van der Waals surface area contributed by atoms with E-state index in [4.69, 9.17) is 16.3 Å². The lowest BCUT2D eigenvalue weighted by molar-refractivity contribution is -0.143. The minimum absolute atomic E-state index is 0.316. The summed E-state index contributed by atoms with van der Waals surface area (Å²) in [5.41, 5.74) is 0.931. The Morgan fingerprint density at radius 3 is 2.38 bits per heavy atom. The first-order valence-electron chi connectivity index (χ1n) is 9.43. The van der Waals surface area contributed by atoms with Crippen LogP contribution in [0.2, 0.25) is 5.02 Å². The van der Waals surface area contributed by atoms with Crippen molar-refractivity contribution in [3.63, 3.8) is 0 Å². The summed E-state index contributed by atoms with van der Waals surface area (Å²) in [6, 6.07) is 18.4. The van der Waals surface area contributed by atoms with Gasteiger partial charge in [0.2, 0.25) is 0 Å². The molecule has 29 heavy (non-hydrogen) atoms. The Morgan fingerprint density at radius 2 is 1.76 bits per heavy atom.